The average molecular weight is 328 g/mol. The van der Waals surface area contributed by atoms with Crippen LogP contribution in [0, 0.1) is 5.92 Å². The molecule has 3 unspecified atom stereocenters. The van der Waals surface area contributed by atoms with Gasteiger partial charge in [-0.2, -0.15) is 5.10 Å². The zero-order valence-corrected chi connectivity index (χ0v) is 14.1. The molecule has 2 N–H and O–H groups in total. The fourth-order valence-corrected chi connectivity index (χ4v) is 3.02. The van der Waals surface area contributed by atoms with Gasteiger partial charge in [-0.05, 0) is 25.0 Å². The number of carbonyl (C=O) groups is 1. The molecular formula is C18H24N4O2. The summed E-state index contributed by atoms with van der Waals surface area (Å²) < 4.78 is 7.56. The maximum Gasteiger partial charge on any atom is 0.315 e. The van der Waals surface area contributed by atoms with Crippen molar-refractivity contribution in [1.82, 2.24) is 20.4 Å². The molecule has 1 aliphatic rings. The standard InChI is InChI=1S/C18H24N4O2/c1-13(11-22-9-5-8-20-22)10-19-18(23)21-14(2)16-12-24-17-7-4-3-6-15(16)17/h3-9,13-14,16H,10-12H2,1-2H3,(H2,19,21,23). The molecule has 2 heterocycles. The van der Waals surface area contributed by atoms with Crippen LogP contribution in [0.1, 0.15) is 25.3 Å². The topological polar surface area (TPSA) is 68.2 Å². The summed E-state index contributed by atoms with van der Waals surface area (Å²) in [5.74, 6) is 1.42. The van der Waals surface area contributed by atoms with E-state index in [1.54, 1.807) is 6.20 Å². The third-order valence-electron chi connectivity index (χ3n) is 4.37. The number of para-hydroxylation sites is 1. The smallest absolute Gasteiger partial charge is 0.315 e. The Morgan fingerprint density at radius 2 is 2.21 bits per heavy atom. The zero-order chi connectivity index (χ0) is 16.9. The summed E-state index contributed by atoms with van der Waals surface area (Å²) in [6.45, 7) is 6.11. The number of rotatable bonds is 6. The van der Waals surface area contributed by atoms with E-state index in [1.807, 2.05) is 42.1 Å². The minimum absolute atomic E-state index is 0.00933. The lowest BCUT2D eigenvalue weighted by molar-refractivity contribution is 0.230. The molecule has 2 amide bonds. The Balaban J connectivity index is 1.45. The van der Waals surface area contributed by atoms with Crippen LogP contribution in [0.15, 0.2) is 42.7 Å². The van der Waals surface area contributed by atoms with Gasteiger partial charge in [0.1, 0.15) is 5.75 Å². The Hall–Kier alpha value is -2.50. The molecule has 24 heavy (non-hydrogen) atoms. The van der Waals surface area contributed by atoms with Gasteiger partial charge in [-0.15, -0.1) is 0 Å². The molecule has 1 aliphatic heterocycles. The predicted octanol–water partition coefficient (Wildman–Crippen LogP) is 2.38. The van der Waals surface area contributed by atoms with Crippen LogP contribution in [0.25, 0.3) is 0 Å². The SMILES string of the molecule is CC(CNC(=O)NC(C)C1COc2ccccc21)Cn1cccn1. The lowest BCUT2D eigenvalue weighted by Gasteiger charge is -2.21. The number of hydrogen-bond donors (Lipinski definition) is 2. The largest absolute Gasteiger partial charge is 0.493 e. The summed E-state index contributed by atoms with van der Waals surface area (Å²) >= 11 is 0. The Bertz CT molecular complexity index is 671. The van der Waals surface area contributed by atoms with Crippen LogP contribution in [-0.2, 0) is 6.54 Å². The number of nitrogens with one attached hydrogen (secondary N) is 2. The van der Waals surface area contributed by atoms with E-state index in [4.69, 9.17) is 4.74 Å². The predicted molar refractivity (Wildman–Crippen MR) is 92.1 cm³/mol. The maximum atomic E-state index is 12.1. The minimum atomic E-state index is -0.140. The summed E-state index contributed by atoms with van der Waals surface area (Å²) in [4.78, 5) is 12.1. The first kappa shape index (κ1) is 16.4. The highest BCUT2D eigenvalue weighted by molar-refractivity contribution is 5.74. The highest BCUT2D eigenvalue weighted by atomic mass is 16.5. The van der Waals surface area contributed by atoms with Crippen LogP contribution < -0.4 is 15.4 Å². The van der Waals surface area contributed by atoms with E-state index in [1.165, 1.54) is 0 Å². The van der Waals surface area contributed by atoms with E-state index in [-0.39, 0.29) is 18.0 Å². The Kier molecular flexibility index (Phi) is 5.03. The number of fused-ring (bicyclic) bond motifs is 1. The van der Waals surface area contributed by atoms with E-state index in [9.17, 15) is 4.79 Å². The highest BCUT2D eigenvalue weighted by Gasteiger charge is 2.29. The van der Waals surface area contributed by atoms with Crippen molar-refractivity contribution in [3.8, 4) is 5.75 Å². The minimum Gasteiger partial charge on any atom is -0.493 e. The van der Waals surface area contributed by atoms with E-state index < -0.39 is 0 Å². The first-order valence-electron chi connectivity index (χ1n) is 8.37. The second-order valence-electron chi connectivity index (χ2n) is 6.43. The molecule has 6 nitrogen and oxygen atoms in total. The molecule has 0 bridgehead atoms. The average Bonchev–Trinajstić information content (AvgIpc) is 3.22. The van der Waals surface area contributed by atoms with Gasteiger partial charge in [0.25, 0.3) is 0 Å². The monoisotopic (exact) mass is 328 g/mol. The van der Waals surface area contributed by atoms with Gasteiger partial charge in [0.15, 0.2) is 0 Å². The molecule has 0 aliphatic carbocycles. The van der Waals surface area contributed by atoms with Crippen molar-refractivity contribution in [2.75, 3.05) is 13.2 Å². The molecular weight excluding hydrogens is 304 g/mol. The molecule has 3 rings (SSSR count). The molecule has 6 heteroatoms. The van der Waals surface area contributed by atoms with Crippen molar-refractivity contribution in [3.05, 3.63) is 48.3 Å². The number of urea groups is 1. The summed E-state index contributed by atoms with van der Waals surface area (Å²) in [5, 5.41) is 10.1. The summed E-state index contributed by atoms with van der Waals surface area (Å²) in [5.41, 5.74) is 1.16. The summed E-state index contributed by atoms with van der Waals surface area (Å²) in [6, 6.07) is 9.77. The lowest BCUT2D eigenvalue weighted by atomic mass is 9.94. The van der Waals surface area contributed by atoms with E-state index in [2.05, 4.69) is 28.7 Å². The Labute approximate surface area is 142 Å². The molecule has 1 aromatic carbocycles. The molecule has 0 radical (unpaired) electrons. The van der Waals surface area contributed by atoms with Gasteiger partial charge in [0, 0.05) is 43.0 Å². The van der Waals surface area contributed by atoms with Crippen LogP contribution in [-0.4, -0.2) is 35.0 Å². The van der Waals surface area contributed by atoms with E-state index >= 15 is 0 Å². The molecule has 3 atom stereocenters. The van der Waals surface area contributed by atoms with Crippen LogP contribution in [0.3, 0.4) is 0 Å². The van der Waals surface area contributed by atoms with Crippen molar-refractivity contribution in [1.29, 1.82) is 0 Å². The van der Waals surface area contributed by atoms with Crippen molar-refractivity contribution in [2.24, 2.45) is 5.92 Å². The van der Waals surface area contributed by atoms with Crippen LogP contribution >= 0.6 is 0 Å². The molecule has 2 aromatic rings. The number of nitrogens with zero attached hydrogens (tertiary/aromatic N) is 2. The number of carbonyl (C=O) groups excluding carboxylic acids is 1. The highest BCUT2D eigenvalue weighted by Crippen LogP contribution is 2.35. The van der Waals surface area contributed by atoms with Gasteiger partial charge in [-0.3, -0.25) is 4.68 Å². The van der Waals surface area contributed by atoms with Gasteiger partial charge < -0.3 is 15.4 Å². The van der Waals surface area contributed by atoms with Gasteiger partial charge in [0.2, 0.25) is 0 Å². The maximum absolute atomic E-state index is 12.1. The number of hydrogen-bond acceptors (Lipinski definition) is 3. The fourth-order valence-electron chi connectivity index (χ4n) is 3.02. The molecule has 0 saturated heterocycles. The molecule has 1 aromatic heterocycles. The van der Waals surface area contributed by atoms with Crippen LogP contribution in [0.5, 0.6) is 5.75 Å². The third-order valence-corrected chi connectivity index (χ3v) is 4.37. The number of aromatic nitrogens is 2. The van der Waals surface area contributed by atoms with Gasteiger partial charge >= 0.3 is 6.03 Å². The Morgan fingerprint density at radius 1 is 1.38 bits per heavy atom. The molecule has 128 valence electrons. The number of benzene rings is 1. The Morgan fingerprint density at radius 3 is 3.00 bits per heavy atom. The fraction of sp³-hybridized carbons (Fsp3) is 0.444. The van der Waals surface area contributed by atoms with Crippen LogP contribution in [0.4, 0.5) is 4.79 Å². The van der Waals surface area contributed by atoms with Gasteiger partial charge in [-0.1, -0.05) is 25.1 Å². The summed E-state index contributed by atoms with van der Waals surface area (Å²) in [7, 11) is 0. The van der Waals surface area contributed by atoms with Gasteiger partial charge in [0.05, 0.1) is 6.61 Å². The lowest BCUT2D eigenvalue weighted by Crippen LogP contribution is -2.45. The second-order valence-corrected chi connectivity index (χ2v) is 6.43. The van der Waals surface area contributed by atoms with Crippen molar-refractivity contribution >= 4 is 6.03 Å². The molecule has 0 saturated carbocycles. The molecule has 0 spiro atoms. The van der Waals surface area contributed by atoms with Gasteiger partial charge in [-0.25, -0.2) is 4.79 Å². The number of amides is 2. The van der Waals surface area contributed by atoms with E-state index in [0.717, 1.165) is 17.9 Å². The van der Waals surface area contributed by atoms with E-state index in [0.29, 0.717) is 19.1 Å². The first-order chi connectivity index (χ1) is 11.6. The summed E-state index contributed by atoms with van der Waals surface area (Å²) in [6.07, 6.45) is 3.69. The quantitative estimate of drug-likeness (QED) is 0.855. The first-order valence-corrected chi connectivity index (χ1v) is 8.37. The van der Waals surface area contributed by atoms with Crippen LogP contribution in [0.2, 0.25) is 0 Å². The van der Waals surface area contributed by atoms with Crippen molar-refractivity contribution in [2.45, 2.75) is 32.4 Å². The number of ether oxygens (including phenoxy) is 1. The van der Waals surface area contributed by atoms with Crippen molar-refractivity contribution < 1.29 is 9.53 Å². The van der Waals surface area contributed by atoms with Crippen molar-refractivity contribution in [3.63, 3.8) is 0 Å². The molecule has 0 fully saturated rings. The normalized spacial score (nSPS) is 18.3. The second kappa shape index (κ2) is 7.38. The third kappa shape index (κ3) is 3.88. The zero-order valence-electron chi connectivity index (χ0n) is 14.1.